The second-order valence-corrected chi connectivity index (χ2v) is 10.2. The first-order chi connectivity index (χ1) is 18.0. The summed E-state index contributed by atoms with van der Waals surface area (Å²) in [5, 5.41) is 0. The van der Waals surface area contributed by atoms with Crippen LogP contribution in [0.25, 0.3) is 11.0 Å². The van der Waals surface area contributed by atoms with Gasteiger partial charge in [0.15, 0.2) is 0 Å². The molecule has 1 saturated heterocycles. The fourth-order valence-corrected chi connectivity index (χ4v) is 5.69. The van der Waals surface area contributed by atoms with Crippen molar-refractivity contribution in [2.75, 3.05) is 19.7 Å². The third-order valence-electron chi connectivity index (χ3n) is 7.63. The highest BCUT2D eigenvalue weighted by Gasteiger charge is 2.29. The number of esters is 1. The molecule has 0 spiro atoms. The summed E-state index contributed by atoms with van der Waals surface area (Å²) in [7, 11) is 0. The molecule has 37 heavy (non-hydrogen) atoms. The van der Waals surface area contributed by atoms with Crippen molar-refractivity contribution in [1.29, 1.82) is 0 Å². The number of hydrogen-bond acceptors (Lipinski definition) is 4. The molecule has 2 fully saturated rings. The molecule has 196 valence electrons. The van der Waals surface area contributed by atoms with Gasteiger partial charge in [-0.1, -0.05) is 12.5 Å². The van der Waals surface area contributed by atoms with Crippen molar-refractivity contribution in [2.24, 2.45) is 10.9 Å². The smallest absolute Gasteiger partial charge is 0.308 e. The van der Waals surface area contributed by atoms with Gasteiger partial charge in [0, 0.05) is 18.2 Å². The third kappa shape index (κ3) is 5.85. The summed E-state index contributed by atoms with van der Waals surface area (Å²) in [6.45, 7) is 5.37. The minimum absolute atomic E-state index is 0.0853. The molecule has 0 unspecified atom stereocenters. The summed E-state index contributed by atoms with van der Waals surface area (Å²) >= 11 is 0. The van der Waals surface area contributed by atoms with E-state index >= 15 is 0 Å². The van der Waals surface area contributed by atoms with E-state index in [1.165, 1.54) is 49.1 Å². The van der Waals surface area contributed by atoms with Crippen molar-refractivity contribution in [1.82, 2.24) is 14.5 Å². The van der Waals surface area contributed by atoms with Gasteiger partial charge in [-0.3, -0.25) is 14.5 Å². The quantitative estimate of drug-likeness (QED) is 0.470. The first-order valence-corrected chi connectivity index (χ1v) is 13.5. The van der Waals surface area contributed by atoms with Crippen molar-refractivity contribution in [3.63, 3.8) is 0 Å². The molecular weight excluding hydrogens is 471 g/mol. The lowest BCUT2D eigenvalue weighted by Crippen LogP contribution is -2.30. The number of aromatic amines is 1. The second-order valence-electron chi connectivity index (χ2n) is 10.2. The van der Waals surface area contributed by atoms with Crippen LogP contribution in [0, 0.1) is 11.7 Å². The standard InChI is InChI=1S/C29H35FN4O3/c1-2-37-28(36)22-9-13-24(14-10-22)34-26-18-20(19-33-16-4-3-5-17-33)6-15-25(26)31-29(34)32-27(35)21-7-11-23(30)12-8-21/h6-8,11-12,15,18,22,24H,2-5,9-10,13-14,16-17,19H2,1H3,(H,31,32,35)/t22-,24+. The number of nitrogens with one attached hydrogen (secondary N) is 1. The van der Waals surface area contributed by atoms with Gasteiger partial charge in [0.2, 0.25) is 5.62 Å². The highest BCUT2D eigenvalue weighted by molar-refractivity contribution is 5.94. The van der Waals surface area contributed by atoms with Gasteiger partial charge in [-0.15, -0.1) is 0 Å². The van der Waals surface area contributed by atoms with Gasteiger partial charge in [-0.25, -0.2) is 4.39 Å². The Morgan fingerprint density at radius 2 is 1.76 bits per heavy atom. The zero-order valence-corrected chi connectivity index (χ0v) is 21.4. The van der Waals surface area contributed by atoms with Crippen molar-refractivity contribution in [3.05, 3.63) is 65.0 Å². The van der Waals surface area contributed by atoms with Crippen LogP contribution in [0.1, 0.15) is 73.8 Å². The first kappa shape index (κ1) is 25.4. The number of piperidine rings is 1. The molecule has 1 saturated carbocycles. The van der Waals surface area contributed by atoms with Crippen molar-refractivity contribution < 1.29 is 18.7 Å². The van der Waals surface area contributed by atoms with Crippen LogP contribution in [0.2, 0.25) is 0 Å². The molecule has 0 bridgehead atoms. The number of halogens is 1. The van der Waals surface area contributed by atoms with E-state index in [-0.39, 0.29) is 17.9 Å². The number of nitrogens with zero attached hydrogens (tertiary/aromatic N) is 3. The lowest BCUT2D eigenvalue weighted by atomic mass is 9.86. The van der Waals surface area contributed by atoms with Crippen molar-refractivity contribution in [3.8, 4) is 0 Å². The minimum atomic E-state index is -0.422. The van der Waals surface area contributed by atoms with E-state index in [0.29, 0.717) is 17.8 Å². The largest absolute Gasteiger partial charge is 0.466 e. The van der Waals surface area contributed by atoms with Gasteiger partial charge >= 0.3 is 5.97 Å². The van der Waals surface area contributed by atoms with Gasteiger partial charge < -0.3 is 14.3 Å². The number of ether oxygens (including phenoxy) is 1. The number of likely N-dealkylation sites (tertiary alicyclic amines) is 1. The molecule has 1 aliphatic carbocycles. The topological polar surface area (TPSA) is 79.7 Å². The molecule has 0 radical (unpaired) electrons. The molecule has 7 nitrogen and oxygen atoms in total. The average molecular weight is 507 g/mol. The molecular formula is C29H35FN4O3. The molecule has 3 aromatic rings. The molecule has 1 N–H and O–H groups in total. The highest BCUT2D eigenvalue weighted by Crippen LogP contribution is 2.34. The molecule has 1 aliphatic heterocycles. The summed E-state index contributed by atoms with van der Waals surface area (Å²) in [5.74, 6) is -1.02. The Morgan fingerprint density at radius 1 is 1.03 bits per heavy atom. The zero-order valence-electron chi connectivity index (χ0n) is 21.4. The van der Waals surface area contributed by atoms with Gasteiger partial charge in [-0.05, 0) is 100 Å². The number of hydrogen-bond donors (Lipinski definition) is 1. The van der Waals surface area contributed by atoms with Crippen LogP contribution in [0.15, 0.2) is 47.5 Å². The zero-order chi connectivity index (χ0) is 25.8. The van der Waals surface area contributed by atoms with Crippen LogP contribution in [0.3, 0.4) is 0 Å². The van der Waals surface area contributed by atoms with Crippen LogP contribution < -0.4 is 5.62 Å². The number of imidazole rings is 1. The van der Waals surface area contributed by atoms with Gasteiger partial charge in [0.25, 0.3) is 5.91 Å². The Balaban J connectivity index is 1.49. The van der Waals surface area contributed by atoms with E-state index in [9.17, 15) is 14.0 Å². The second kappa shape index (κ2) is 11.4. The Kier molecular flexibility index (Phi) is 7.84. The van der Waals surface area contributed by atoms with E-state index in [0.717, 1.165) is 56.4 Å². The summed E-state index contributed by atoms with van der Waals surface area (Å²) in [4.78, 5) is 35.6. The van der Waals surface area contributed by atoms with Crippen LogP contribution in [0.5, 0.6) is 0 Å². The summed E-state index contributed by atoms with van der Waals surface area (Å²) in [6.07, 6.45) is 6.85. The number of fused-ring (bicyclic) bond motifs is 1. The van der Waals surface area contributed by atoms with Crippen LogP contribution in [-0.4, -0.2) is 46.0 Å². The molecule has 5 rings (SSSR count). The summed E-state index contributed by atoms with van der Waals surface area (Å²) in [5.41, 5.74) is 3.99. The lowest BCUT2D eigenvalue weighted by Gasteiger charge is -2.29. The first-order valence-electron chi connectivity index (χ1n) is 13.5. The number of rotatable bonds is 6. The van der Waals surface area contributed by atoms with Crippen molar-refractivity contribution in [2.45, 2.75) is 64.5 Å². The maximum atomic E-state index is 13.4. The van der Waals surface area contributed by atoms with E-state index in [1.807, 2.05) is 6.92 Å². The van der Waals surface area contributed by atoms with Gasteiger partial charge in [-0.2, -0.15) is 4.99 Å². The van der Waals surface area contributed by atoms with E-state index in [1.54, 1.807) is 0 Å². The minimum Gasteiger partial charge on any atom is -0.466 e. The molecule has 8 heteroatoms. The fraction of sp³-hybridized carbons (Fsp3) is 0.483. The van der Waals surface area contributed by atoms with Crippen LogP contribution >= 0.6 is 0 Å². The van der Waals surface area contributed by atoms with E-state index < -0.39 is 11.7 Å². The number of benzene rings is 2. The molecule has 1 aromatic heterocycles. The predicted molar refractivity (Wildman–Crippen MR) is 139 cm³/mol. The number of aromatic nitrogens is 2. The van der Waals surface area contributed by atoms with E-state index in [2.05, 4.69) is 37.6 Å². The molecule has 0 atom stereocenters. The SMILES string of the molecule is CCOC(=O)[C@H]1CC[C@@H](n2/c(=N/C(=O)c3ccc(F)cc3)[nH]c3ccc(CN4CCCCC4)cc32)CC1. The Bertz CT molecular complexity index is 1310. The van der Waals surface area contributed by atoms with Crippen LogP contribution in [-0.2, 0) is 16.1 Å². The summed E-state index contributed by atoms with van der Waals surface area (Å²) < 4.78 is 20.8. The third-order valence-corrected chi connectivity index (χ3v) is 7.63. The number of carbonyl (C=O) groups excluding carboxylic acids is 2. The normalized spacial score (nSPS) is 21.3. The van der Waals surface area contributed by atoms with Gasteiger partial charge in [0.05, 0.1) is 23.6 Å². The number of H-pyrrole nitrogens is 1. The number of amides is 1. The molecule has 2 aromatic carbocycles. The molecule has 2 heterocycles. The van der Waals surface area contributed by atoms with E-state index in [4.69, 9.17) is 4.74 Å². The van der Waals surface area contributed by atoms with Crippen LogP contribution in [0.4, 0.5) is 4.39 Å². The monoisotopic (exact) mass is 506 g/mol. The van der Waals surface area contributed by atoms with Crippen molar-refractivity contribution >= 4 is 22.9 Å². The maximum absolute atomic E-state index is 13.4. The molecule has 1 amide bonds. The lowest BCUT2D eigenvalue weighted by molar-refractivity contribution is -0.149. The Morgan fingerprint density at radius 3 is 2.46 bits per heavy atom. The Hall–Kier alpha value is -3.26. The number of carbonyl (C=O) groups is 2. The fourth-order valence-electron chi connectivity index (χ4n) is 5.69. The summed E-state index contributed by atoms with van der Waals surface area (Å²) in [6, 6.07) is 12.0. The Labute approximate surface area is 216 Å². The highest BCUT2D eigenvalue weighted by atomic mass is 19.1. The maximum Gasteiger partial charge on any atom is 0.308 e. The predicted octanol–water partition coefficient (Wildman–Crippen LogP) is 5.13. The molecule has 2 aliphatic rings. The van der Waals surface area contributed by atoms with Gasteiger partial charge in [0.1, 0.15) is 5.82 Å². The average Bonchev–Trinajstić information content (AvgIpc) is 3.27.